The fraction of sp³-hybridized carbons (Fsp3) is 0.467. The molecule has 0 saturated heterocycles. The third kappa shape index (κ3) is 2.93. The van der Waals surface area contributed by atoms with Crippen molar-refractivity contribution < 1.29 is 0 Å². The average molecular weight is 288 g/mol. The van der Waals surface area contributed by atoms with E-state index in [0.717, 1.165) is 22.7 Å². The zero-order valence-electron chi connectivity index (χ0n) is 10.7. The average Bonchev–Trinajstić information content (AvgIpc) is 2.70. The van der Waals surface area contributed by atoms with Crippen LogP contribution in [0, 0.1) is 17.2 Å². The molecule has 2 aromatic rings. The number of hydrogen-bond acceptors (Lipinski definition) is 4. The minimum atomic E-state index is 0.194. The van der Waals surface area contributed by atoms with Crippen LogP contribution < -0.4 is 0 Å². The molecule has 0 aliphatic heterocycles. The van der Waals surface area contributed by atoms with Crippen molar-refractivity contribution in [2.45, 2.75) is 41.7 Å². The Morgan fingerprint density at radius 3 is 2.89 bits per heavy atom. The SMILES string of the molecule is N#CC1CCCCCC1Sc1nc2ccccc2s1. The summed E-state index contributed by atoms with van der Waals surface area (Å²) in [5.41, 5.74) is 1.08. The van der Waals surface area contributed by atoms with Crippen LogP contribution in [0.5, 0.6) is 0 Å². The van der Waals surface area contributed by atoms with Crippen molar-refractivity contribution in [3.05, 3.63) is 24.3 Å². The van der Waals surface area contributed by atoms with Crippen molar-refractivity contribution in [2.24, 2.45) is 5.92 Å². The second kappa shape index (κ2) is 5.94. The molecule has 1 aromatic carbocycles. The Morgan fingerprint density at radius 2 is 2.05 bits per heavy atom. The second-order valence-electron chi connectivity index (χ2n) is 4.98. The highest BCUT2D eigenvalue weighted by Gasteiger charge is 2.25. The van der Waals surface area contributed by atoms with Crippen molar-refractivity contribution in [3.63, 3.8) is 0 Å². The number of hydrogen-bond donors (Lipinski definition) is 0. The van der Waals surface area contributed by atoms with E-state index in [1.807, 2.05) is 17.8 Å². The van der Waals surface area contributed by atoms with E-state index in [1.165, 1.54) is 24.0 Å². The lowest BCUT2D eigenvalue weighted by Crippen LogP contribution is -2.13. The third-order valence-corrected chi connectivity index (χ3v) is 6.17. The summed E-state index contributed by atoms with van der Waals surface area (Å²) in [6.45, 7) is 0. The molecule has 2 nitrogen and oxygen atoms in total. The molecule has 0 bridgehead atoms. The van der Waals surface area contributed by atoms with Gasteiger partial charge in [-0.05, 0) is 25.0 Å². The maximum absolute atomic E-state index is 9.32. The van der Waals surface area contributed by atoms with Gasteiger partial charge in [-0.15, -0.1) is 11.3 Å². The van der Waals surface area contributed by atoms with E-state index in [-0.39, 0.29) is 5.92 Å². The Bertz CT molecular complexity index is 566. The fourth-order valence-electron chi connectivity index (χ4n) is 2.59. The lowest BCUT2D eigenvalue weighted by molar-refractivity contribution is 0.585. The molecule has 4 heteroatoms. The second-order valence-corrected chi connectivity index (χ2v) is 7.49. The number of nitriles is 1. The highest BCUT2D eigenvalue weighted by molar-refractivity contribution is 8.01. The highest BCUT2D eigenvalue weighted by Crippen LogP contribution is 2.39. The topological polar surface area (TPSA) is 36.7 Å². The van der Waals surface area contributed by atoms with E-state index in [2.05, 4.69) is 29.3 Å². The van der Waals surface area contributed by atoms with Gasteiger partial charge in [0.1, 0.15) is 0 Å². The largest absolute Gasteiger partial charge is 0.230 e. The molecule has 1 aromatic heterocycles. The third-order valence-electron chi connectivity index (χ3n) is 3.64. The van der Waals surface area contributed by atoms with E-state index >= 15 is 0 Å². The Kier molecular flexibility index (Phi) is 4.05. The summed E-state index contributed by atoms with van der Waals surface area (Å²) in [6, 6.07) is 10.8. The molecule has 1 aliphatic carbocycles. The summed E-state index contributed by atoms with van der Waals surface area (Å²) in [5.74, 6) is 0.194. The number of aromatic nitrogens is 1. The first-order chi connectivity index (χ1) is 9.36. The van der Waals surface area contributed by atoms with Gasteiger partial charge in [0.05, 0.1) is 22.2 Å². The summed E-state index contributed by atoms with van der Waals surface area (Å²) in [6.07, 6.45) is 5.93. The van der Waals surface area contributed by atoms with E-state index < -0.39 is 0 Å². The number of benzene rings is 1. The predicted molar refractivity (Wildman–Crippen MR) is 81.5 cm³/mol. The maximum atomic E-state index is 9.32. The van der Waals surface area contributed by atoms with E-state index in [4.69, 9.17) is 0 Å². The van der Waals surface area contributed by atoms with Gasteiger partial charge in [0.15, 0.2) is 4.34 Å². The van der Waals surface area contributed by atoms with Gasteiger partial charge in [0, 0.05) is 5.25 Å². The standard InChI is InChI=1S/C15H16N2S2/c16-10-11-6-2-1-3-8-13(11)18-15-17-12-7-4-5-9-14(12)19-15/h4-5,7,9,11,13H,1-3,6,8H2. The number of thiazole rings is 1. The van der Waals surface area contributed by atoms with Crippen molar-refractivity contribution >= 4 is 33.3 Å². The Balaban J connectivity index is 1.80. The molecule has 1 saturated carbocycles. The van der Waals surface area contributed by atoms with Gasteiger partial charge in [-0.1, -0.05) is 43.2 Å². The lowest BCUT2D eigenvalue weighted by Gasteiger charge is -2.16. The Morgan fingerprint density at radius 1 is 1.21 bits per heavy atom. The van der Waals surface area contributed by atoms with Crippen molar-refractivity contribution in [2.75, 3.05) is 0 Å². The van der Waals surface area contributed by atoms with Crippen molar-refractivity contribution in [1.82, 2.24) is 4.98 Å². The van der Waals surface area contributed by atoms with Gasteiger partial charge in [0.2, 0.25) is 0 Å². The minimum Gasteiger partial charge on any atom is -0.230 e. The minimum absolute atomic E-state index is 0.194. The molecule has 2 atom stereocenters. The molecule has 3 rings (SSSR count). The van der Waals surface area contributed by atoms with Gasteiger partial charge in [-0.3, -0.25) is 0 Å². The zero-order valence-corrected chi connectivity index (χ0v) is 12.3. The molecule has 2 unspecified atom stereocenters. The number of rotatable bonds is 2. The van der Waals surface area contributed by atoms with Crippen LogP contribution in [-0.4, -0.2) is 10.2 Å². The van der Waals surface area contributed by atoms with E-state index in [0.29, 0.717) is 5.25 Å². The Hall–Kier alpha value is -1.05. The molecular formula is C15H16N2S2. The van der Waals surface area contributed by atoms with Crippen LogP contribution in [-0.2, 0) is 0 Å². The number of para-hydroxylation sites is 1. The fourth-order valence-corrected chi connectivity index (χ4v) is 5.18. The van der Waals surface area contributed by atoms with E-state index in [9.17, 15) is 5.26 Å². The van der Waals surface area contributed by atoms with Crippen LogP contribution in [0.3, 0.4) is 0 Å². The molecule has 0 N–H and O–H groups in total. The van der Waals surface area contributed by atoms with Crippen molar-refractivity contribution in [3.8, 4) is 6.07 Å². The Labute approximate surface area is 121 Å². The summed E-state index contributed by atoms with van der Waals surface area (Å²) in [4.78, 5) is 4.68. The normalized spacial score (nSPS) is 23.9. The molecular weight excluding hydrogens is 272 g/mol. The van der Waals surface area contributed by atoms with Crippen LogP contribution in [0.2, 0.25) is 0 Å². The first-order valence-electron chi connectivity index (χ1n) is 6.78. The smallest absolute Gasteiger partial charge is 0.151 e. The monoisotopic (exact) mass is 288 g/mol. The van der Waals surface area contributed by atoms with Gasteiger partial charge in [0.25, 0.3) is 0 Å². The summed E-state index contributed by atoms with van der Waals surface area (Å²) in [7, 11) is 0. The molecule has 0 spiro atoms. The molecule has 98 valence electrons. The summed E-state index contributed by atoms with van der Waals surface area (Å²) in [5, 5.41) is 9.75. The molecule has 1 heterocycles. The van der Waals surface area contributed by atoms with Crippen LogP contribution >= 0.6 is 23.1 Å². The molecule has 19 heavy (non-hydrogen) atoms. The van der Waals surface area contributed by atoms with Crippen LogP contribution in [0.15, 0.2) is 28.6 Å². The molecule has 1 aliphatic rings. The van der Waals surface area contributed by atoms with Gasteiger partial charge < -0.3 is 0 Å². The maximum Gasteiger partial charge on any atom is 0.151 e. The quantitative estimate of drug-likeness (QED) is 0.740. The van der Waals surface area contributed by atoms with Gasteiger partial charge in [-0.2, -0.15) is 5.26 Å². The zero-order chi connectivity index (χ0) is 13.1. The number of nitrogens with zero attached hydrogens (tertiary/aromatic N) is 2. The van der Waals surface area contributed by atoms with Crippen molar-refractivity contribution in [1.29, 1.82) is 5.26 Å². The summed E-state index contributed by atoms with van der Waals surface area (Å²) >= 11 is 3.57. The highest BCUT2D eigenvalue weighted by atomic mass is 32.2. The van der Waals surface area contributed by atoms with Crippen LogP contribution in [0.25, 0.3) is 10.2 Å². The van der Waals surface area contributed by atoms with Gasteiger partial charge >= 0.3 is 0 Å². The molecule has 1 fully saturated rings. The lowest BCUT2D eigenvalue weighted by atomic mass is 10.0. The van der Waals surface area contributed by atoms with Crippen LogP contribution in [0.1, 0.15) is 32.1 Å². The summed E-state index contributed by atoms with van der Waals surface area (Å²) < 4.78 is 2.36. The number of fused-ring (bicyclic) bond motifs is 1. The van der Waals surface area contributed by atoms with Gasteiger partial charge in [-0.25, -0.2) is 4.98 Å². The van der Waals surface area contributed by atoms with E-state index in [1.54, 1.807) is 11.3 Å². The van der Waals surface area contributed by atoms with Crippen LogP contribution in [0.4, 0.5) is 0 Å². The molecule has 0 radical (unpaired) electrons. The first kappa shape index (κ1) is 13.0. The predicted octanol–water partition coefficient (Wildman–Crippen LogP) is 4.86. The number of thioether (sulfide) groups is 1. The first-order valence-corrected chi connectivity index (χ1v) is 8.48. The molecule has 0 amide bonds.